The van der Waals surface area contributed by atoms with Crippen molar-refractivity contribution in [3.05, 3.63) is 34.6 Å². The molecule has 1 aliphatic rings. The molecule has 1 atom stereocenters. The van der Waals surface area contributed by atoms with Crippen LogP contribution in [0.2, 0.25) is 5.02 Å². The second-order valence-electron chi connectivity index (χ2n) is 4.42. The molecule has 2 rings (SSSR count). The van der Waals surface area contributed by atoms with Crippen LogP contribution in [0, 0.1) is 5.82 Å². The average molecular weight is 285 g/mol. The lowest BCUT2D eigenvalue weighted by atomic mass is 10.1. The van der Waals surface area contributed by atoms with E-state index < -0.39 is 17.9 Å². The van der Waals surface area contributed by atoms with Gasteiger partial charge in [0, 0.05) is 10.6 Å². The van der Waals surface area contributed by atoms with Gasteiger partial charge in [-0.1, -0.05) is 31.0 Å². The number of hydrogen-bond acceptors (Lipinski definition) is 2. The zero-order chi connectivity index (χ0) is 14.0. The van der Waals surface area contributed by atoms with Crippen LogP contribution in [0.3, 0.4) is 0 Å². The fourth-order valence-corrected chi connectivity index (χ4v) is 2.28. The van der Waals surface area contributed by atoms with Crippen molar-refractivity contribution in [1.82, 2.24) is 10.2 Å². The van der Waals surface area contributed by atoms with Crippen molar-refractivity contribution < 1.29 is 14.0 Å². The van der Waals surface area contributed by atoms with Crippen molar-refractivity contribution >= 4 is 23.5 Å². The van der Waals surface area contributed by atoms with Gasteiger partial charge in [0.2, 0.25) is 0 Å². The fourth-order valence-electron chi connectivity index (χ4n) is 2.05. The smallest absolute Gasteiger partial charge is 0.325 e. The molecule has 102 valence electrons. The summed E-state index contributed by atoms with van der Waals surface area (Å²) in [6, 6.07) is 3.25. The Morgan fingerprint density at radius 1 is 1.42 bits per heavy atom. The van der Waals surface area contributed by atoms with Crippen molar-refractivity contribution in [2.75, 3.05) is 0 Å². The molecule has 1 fully saturated rings. The van der Waals surface area contributed by atoms with Gasteiger partial charge in [-0.25, -0.2) is 9.18 Å². The maximum Gasteiger partial charge on any atom is 0.325 e. The van der Waals surface area contributed by atoms with Gasteiger partial charge in [-0.2, -0.15) is 0 Å². The zero-order valence-corrected chi connectivity index (χ0v) is 11.2. The minimum absolute atomic E-state index is 0.142. The summed E-state index contributed by atoms with van der Waals surface area (Å²) in [5, 5.41) is 2.79. The Morgan fingerprint density at radius 2 is 2.16 bits per heavy atom. The first-order valence-corrected chi connectivity index (χ1v) is 6.47. The van der Waals surface area contributed by atoms with Crippen LogP contribution < -0.4 is 5.32 Å². The topological polar surface area (TPSA) is 49.4 Å². The molecule has 3 amide bonds. The molecule has 1 aromatic carbocycles. The highest BCUT2D eigenvalue weighted by Crippen LogP contribution is 2.23. The van der Waals surface area contributed by atoms with Gasteiger partial charge in [0.1, 0.15) is 11.9 Å². The van der Waals surface area contributed by atoms with E-state index in [1.807, 2.05) is 6.92 Å². The second kappa shape index (κ2) is 5.57. The summed E-state index contributed by atoms with van der Waals surface area (Å²) in [6.07, 6.45) is 1.36. The van der Waals surface area contributed by atoms with Crippen LogP contribution in [0.15, 0.2) is 18.2 Å². The molecular weight excluding hydrogens is 271 g/mol. The number of hydrogen-bond donors (Lipinski definition) is 1. The standard InChI is InChI=1S/C13H14ClFN2O2/c1-2-4-11-12(18)17(13(19)16-11)7-8-9(14)5-3-6-10(8)15/h3,5-6,11H,2,4,7H2,1H3,(H,16,19)/t11-/m1/s1. The summed E-state index contributed by atoms with van der Waals surface area (Å²) in [6.45, 7) is 1.78. The van der Waals surface area contributed by atoms with Gasteiger partial charge in [0.15, 0.2) is 0 Å². The Labute approximate surface area is 115 Å². The first-order valence-electron chi connectivity index (χ1n) is 6.09. The van der Waals surface area contributed by atoms with Crippen LogP contribution in [0.1, 0.15) is 25.3 Å². The van der Waals surface area contributed by atoms with Gasteiger partial charge in [-0.3, -0.25) is 9.69 Å². The third-order valence-corrected chi connectivity index (χ3v) is 3.42. The highest BCUT2D eigenvalue weighted by molar-refractivity contribution is 6.31. The van der Waals surface area contributed by atoms with Gasteiger partial charge >= 0.3 is 6.03 Å². The molecule has 0 aromatic heterocycles. The molecule has 1 saturated heterocycles. The highest BCUT2D eigenvalue weighted by atomic mass is 35.5. The summed E-state index contributed by atoms with van der Waals surface area (Å²) in [7, 11) is 0. The Balaban J connectivity index is 2.19. The summed E-state index contributed by atoms with van der Waals surface area (Å²) >= 11 is 5.89. The lowest BCUT2D eigenvalue weighted by Crippen LogP contribution is -2.31. The van der Waals surface area contributed by atoms with E-state index in [0.29, 0.717) is 6.42 Å². The normalized spacial score (nSPS) is 18.9. The molecule has 1 aliphatic heterocycles. The number of benzene rings is 1. The predicted molar refractivity (Wildman–Crippen MR) is 69.2 cm³/mol. The zero-order valence-electron chi connectivity index (χ0n) is 10.5. The van der Waals surface area contributed by atoms with E-state index in [1.54, 1.807) is 0 Å². The monoisotopic (exact) mass is 284 g/mol. The summed E-state index contributed by atoms with van der Waals surface area (Å²) in [5.41, 5.74) is 0.157. The van der Waals surface area contributed by atoms with Crippen molar-refractivity contribution in [3.63, 3.8) is 0 Å². The van der Waals surface area contributed by atoms with Crippen molar-refractivity contribution in [2.24, 2.45) is 0 Å². The number of nitrogens with zero attached hydrogens (tertiary/aromatic N) is 1. The Kier molecular flexibility index (Phi) is 4.04. The van der Waals surface area contributed by atoms with E-state index >= 15 is 0 Å². The third kappa shape index (κ3) is 2.71. The van der Waals surface area contributed by atoms with Gasteiger partial charge in [0.25, 0.3) is 5.91 Å². The third-order valence-electron chi connectivity index (χ3n) is 3.06. The number of imide groups is 1. The molecule has 19 heavy (non-hydrogen) atoms. The van der Waals surface area contributed by atoms with Crippen molar-refractivity contribution in [2.45, 2.75) is 32.4 Å². The van der Waals surface area contributed by atoms with Crippen LogP contribution in [0.4, 0.5) is 9.18 Å². The number of halogens is 2. The van der Waals surface area contributed by atoms with E-state index in [1.165, 1.54) is 18.2 Å². The number of carbonyl (C=O) groups excluding carboxylic acids is 2. The first kappa shape index (κ1) is 13.8. The Hall–Kier alpha value is -1.62. The molecule has 1 heterocycles. The predicted octanol–water partition coefficient (Wildman–Crippen LogP) is 2.70. The van der Waals surface area contributed by atoms with E-state index in [4.69, 9.17) is 11.6 Å². The minimum atomic E-state index is -0.521. The average Bonchev–Trinajstić information content (AvgIpc) is 2.61. The number of rotatable bonds is 4. The van der Waals surface area contributed by atoms with Crippen LogP contribution >= 0.6 is 11.6 Å². The quantitative estimate of drug-likeness (QED) is 0.864. The number of carbonyl (C=O) groups is 2. The van der Waals surface area contributed by atoms with Crippen LogP contribution in [-0.2, 0) is 11.3 Å². The Bertz CT molecular complexity index is 501. The van der Waals surface area contributed by atoms with E-state index in [0.717, 1.165) is 11.3 Å². The van der Waals surface area contributed by atoms with Crippen LogP contribution in [-0.4, -0.2) is 22.9 Å². The molecule has 0 aliphatic carbocycles. The molecule has 0 radical (unpaired) electrons. The molecule has 0 unspecified atom stereocenters. The SMILES string of the molecule is CCC[C@H]1NC(=O)N(Cc2c(F)cccc2Cl)C1=O. The lowest BCUT2D eigenvalue weighted by Gasteiger charge is -2.14. The molecule has 1 aromatic rings. The number of nitrogens with one attached hydrogen (secondary N) is 1. The Morgan fingerprint density at radius 3 is 2.79 bits per heavy atom. The molecule has 1 N–H and O–H groups in total. The molecule has 0 bridgehead atoms. The second-order valence-corrected chi connectivity index (χ2v) is 4.82. The van der Waals surface area contributed by atoms with E-state index in [9.17, 15) is 14.0 Å². The maximum absolute atomic E-state index is 13.6. The highest BCUT2D eigenvalue weighted by Gasteiger charge is 2.37. The van der Waals surface area contributed by atoms with Crippen LogP contribution in [0.5, 0.6) is 0 Å². The van der Waals surface area contributed by atoms with Gasteiger partial charge in [0.05, 0.1) is 6.54 Å². The molecule has 0 saturated carbocycles. The molecule has 4 nitrogen and oxygen atoms in total. The lowest BCUT2D eigenvalue weighted by molar-refractivity contribution is -0.128. The molecule has 6 heteroatoms. The van der Waals surface area contributed by atoms with E-state index in [-0.39, 0.29) is 23.0 Å². The van der Waals surface area contributed by atoms with Gasteiger partial charge in [-0.05, 0) is 18.6 Å². The molecule has 0 spiro atoms. The van der Waals surface area contributed by atoms with Crippen LogP contribution in [0.25, 0.3) is 0 Å². The first-order chi connectivity index (χ1) is 9.04. The van der Waals surface area contributed by atoms with Gasteiger partial charge in [-0.15, -0.1) is 0 Å². The van der Waals surface area contributed by atoms with Crippen molar-refractivity contribution in [3.8, 4) is 0 Å². The van der Waals surface area contributed by atoms with E-state index in [2.05, 4.69) is 5.32 Å². The summed E-state index contributed by atoms with van der Waals surface area (Å²) < 4.78 is 13.6. The number of amides is 3. The fraction of sp³-hybridized carbons (Fsp3) is 0.385. The minimum Gasteiger partial charge on any atom is -0.326 e. The van der Waals surface area contributed by atoms with Crippen molar-refractivity contribution in [1.29, 1.82) is 0 Å². The summed E-state index contributed by atoms with van der Waals surface area (Å²) in [4.78, 5) is 24.7. The van der Waals surface area contributed by atoms with Gasteiger partial charge < -0.3 is 5.32 Å². The largest absolute Gasteiger partial charge is 0.326 e. The summed E-state index contributed by atoms with van der Waals surface area (Å²) in [5.74, 6) is -0.849. The maximum atomic E-state index is 13.6. The number of urea groups is 1. The molecular formula is C13H14ClFN2O2.